The second kappa shape index (κ2) is 7.17. The van der Waals surface area contributed by atoms with Crippen molar-refractivity contribution in [2.45, 2.75) is 12.7 Å². The minimum Gasteiger partial charge on any atom is -0.496 e. The molecule has 1 atom stereocenters. The standard InChI is InChI=1S/C14H15FN2O4S/c1-9-5-13(17-21-9)16-14(18)8-22(19)7-10-6-11(15)3-4-12(10)20-2/h3-6H,7-8H2,1-2H3,(H,16,17,18)/t22-/m1/s1. The number of amides is 1. The van der Waals surface area contributed by atoms with Crippen LogP contribution < -0.4 is 10.1 Å². The number of halogens is 1. The van der Waals surface area contributed by atoms with Gasteiger partial charge < -0.3 is 14.6 Å². The molecular formula is C14H15FN2O4S. The third kappa shape index (κ3) is 4.39. The van der Waals surface area contributed by atoms with E-state index in [9.17, 15) is 13.4 Å². The summed E-state index contributed by atoms with van der Waals surface area (Å²) in [7, 11) is -0.0615. The molecule has 1 N–H and O–H groups in total. The Morgan fingerprint density at radius 2 is 2.23 bits per heavy atom. The third-order valence-corrected chi connectivity index (χ3v) is 3.96. The first-order chi connectivity index (χ1) is 10.5. The number of benzene rings is 1. The zero-order valence-corrected chi connectivity index (χ0v) is 12.9. The molecule has 1 amide bonds. The molecule has 0 fully saturated rings. The molecule has 0 saturated heterocycles. The number of hydrogen-bond donors (Lipinski definition) is 1. The predicted molar refractivity (Wildman–Crippen MR) is 79.5 cm³/mol. The van der Waals surface area contributed by atoms with Gasteiger partial charge in [-0.15, -0.1) is 0 Å². The molecule has 0 bridgehead atoms. The van der Waals surface area contributed by atoms with Crippen molar-refractivity contribution in [2.24, 2.45) is 0 Å². The molecule has 0 radical (unpaired) electrons. The minimum absolute atomic E-state index is 0.0200. The lowest BCUT2D eigenvalue weighted by molar-refractivity contribution is -0.113. The van der Waals surface area contributed by atoms with Crippen molar-refractivity contribution < 1.29 is 22.7 Å². The lowest BCUT2D eigenvalue weighted by atomic mass is 10.2. The van der Waals surface area contributed by atoms with Crippen LogP contribution in [-0.4, -0.2) is 28.1 Å². The van der Waals surface area contributed by atoms with E-state index in [4.69, 9.17) is 9.26 Å². The molecule has 8 heteroatoms. The summed E-state index contributed by atoms with van der Waals surface area (Å²) in [6.45, 7) is 1.69. The number of nitrogens with one attached hydrogen (secondary N) is 1. The fraction of sp³-hybridized carbons (Fsp3) is 0.286. The highest BCUT2D eigenvalue weighted by molar-refractivity contribution is 7.85. The second-order valence-corrected chi connectivity index (χ2v) is 6.01. The summed E-state index contributed by atoms with van der Waals surface area (Å²) in [6, 6.07) is 5.51. The van der Waals surface area contributed by atoms with Gasteiger partial charge in [-0.2, -0.15) is 0 Å². The van der Waals surface area contributed by atoms with E-state index < -0.39 is 22.5 Å². The van der Waals surface area contributed by atoms with Crippen LogP contribution in [-0.2, 0) is 21.3 Å². The van der Waals surface area contributed by atoms with E-state index in [1.807, 2.05) is 0 Å². The Bertz CT molecular complexity index is 702. The first-order valence-electron chi connectivity index (χ1n) is 6.38. The number of nitrogens with zero attached hydrogens (tertiary/aromatic N) is 1. The van der Waals surface area contributed by atoms with Crippen molar-refractivity contribution in [3.8, 4) is 5.75 Å². The van der Waals surface area contributed by atoms with E-state index in [-0.39, 0.29) is 17.3 Å². The Balaban J connectivity index is 1.95. The summed E-state index contributed by atoms with van der Waals surface area (Å²) in [5.74, 6) is 0.140. The van der Waals surface area contributed by atoms with Crippen molar-refractivity contribution in [1.82, 2.24) is 5.16 Å². The molecule has 1 aromatic heterocycles. The molecule has 0 aliphatic rings. The van der Waals surface area contributed by atoms with Gasteiger partial charge in [0.15, 0.2) is 5.82 Å². The number of carbonyl (C=O) groups is 1. The fourth-order valence-corrected chi connectivity index (χ4v) is 2.87. The molecule has 6 nitrogen and oxygen atoms in total. The monoisotopic (exact) mass is 326 g/mol. The number of methoxy groups -OCH3 is 1. The summed E-state index contributed by atoms with van der Waals surface area (Å²) in [5, 5.41) is 6.09. The Morgan fingerprint density at radius 1 is 1.45 bits per heavy atom. The van der Waals surface area contributed by atoms with E-state index in [0.717, 1.165) is 0 Å². The van der Waals surface area contributed by atoms with Crippen LogP contribution in [0.25, 0.3) is 0 Å². The van der Waals surface area contributed by atoms with Gasteiger partial charge in [0.1, 0.15) is 23.1 Å². The predicted octanol–water partition coefficient (Wildman–Crippen LogP) is 2.02. The Kier molecular flexibility index (Phi) is 5.26. The van der Waals surface area contributed by atoms with Crippen LogP contribution in [0.5, 0.6) is 5.75 Å². The maximum absolute atomic E-state index is 13.2. The van der Waals surface area contributed by atoms with Crippen molar-refractivity contribution >= 4 is 22.5 Å². The molecule has 0 aliphatic heterocycles. The zero-order chi connectivity index (χ0) is 16.1. The number of carbonyl (C=O) groups excluding carboxylic acids is 1. The summed E-state index contributed by atoms with van der Waals surface area (Å²) < 4.78 is 35.2. The average Bonchev–Trinajstić information content (AvgIpc) is 2.83. The molecular weight excluding hydrogens is 311 g/mol. The third-order valence-electron chi connectivity index (χ3n) is 2.75. The largest absolute Gasteiger partial charge is 0.496 e. The van der Waals surface area contributed by atoms with Gasteiger partial charge in [-0.3, -0.25) is 9.00 Å². The normalized spacial score (nSPS) is 12.0. The summed E-state index contributed by atoms with van der Waals surface area (Å²) in [4.78, 5) is 11.8. The minimum atomic E-state index is -1.51. The van der Waals surface area contributed by atoms with Gasteiger partial charge in [0.05, 0.1) is 12.9 Å². The van der Waals surface area contributed by atoms with Gasteiger partial charge in [0, 0.05) is 22.4 Å². The molecule has 0 unspecified atom stereocenters. The van der Waals surface area contributed by atoms with E-state index in [2.05, 4.69) is 10.5 Å². The number of anilines is 1. The lowest BCUT2D eigenvalue weighted by Crippen LogP contribution is -2.20. The van der Waals surface area contributed by atoms with Gasteiger partial charge in [0.2, 0.25) is 5.91 Å². The molecule has 0 aliphatic carbocycles. The van der Waals surface area contributed by atoms with Crippen LogP contribution in [0.15, 0.2) is 28.8 Å². The van der Waals surface area contributed by atoms with Crippen molar-refractivity contribution in [3.05, 3.63) is 41.4 Å². The Labute approximate surface area is 129 Å². The lowest BCUT2D eigenvalue weighted by Gasteiger charge is -2.08. The van der Waals surface area contributed by atoms with Crippen LogP contribution in [0.1, 0.15) is 11.3 Å². The summed E-state index contributed by atoms with van der Waals surface area (Å²) in [6.07, 6.45) is 0. The van der Waals surface area contributed by atoms with Crippen LogP contribution in [0.4, 0.5) is 10.2 Å². The second-order valence-electron chi connectivity index (χ2n) is 4.56. The van der Waals surface area contributed by atoms with Gasteiger partial charge in [-0.05, 0) is 25.1 Å². The van der Waals surface area contributed by atoms with Crippen LogP contribution >= 0.6 is 0 Å². The number of hydrogen-bond acceptors (Lipinski definition) is 5. The van der Waals surface area contributed by atoms with Crippen LogP contribution in [0, 0.1) is 12.7 Å². The summed E-state index contributed by atoms with van der Waals surface area (Å²) in [5.41, 5.74) is 0.450. The highest BCUT2D eigenvalue weighted by Gasteiger charge is 2.14. The first kappa shape index (κ1) is 16.2. The molecule has 2 aromatic rings. The number of aromatic nitrogens is 1. The van der Waals surface area contributed by atoms with Crippen molar-refractivity contribution in [1.29, 1.82) is 0 Å². The smallest absolute Gasteiger partial charge is 0.238 e. The van der Waals surface area contributed by atoms with Crippen molar-refractivity contribution in [2.75, 3.05) is 18.2 Å². The van der Waals surface area contributed by atoms with Gasteiger partial charge >= 0.3 is 0 Å². The SMILES string of the molecule is COc1ccc(F)cc1C[S@@](=O)CC(=O)Nc1cc(C)on1. The van der Waals surface area contributed by atoms with Gasteiger partial charge in [-0.25, -0.2) is 4.39 Å². The Morgan fingerprint density at radius 3 is 2.86 bits per heavy atom. The molecule has 118 valence electrons. The molecule has 1 heterocycles. The average molecular weight is 326 g/mol. The van der Waals surface area contributed by atoms with Gasteiger partial charge in [-0.1, -0.05) is 5.16 Å². The highest BCUT2D eigenvalue weighted by Crippen LogP contribution is 2.21. The van der Waals surface area contributed by atoms with Crippen LogP contribution in [0.2, 0.25) is 0 Å². The highest BCUT2D eigenvalue weighted by atomic mass is 32.2. The number of rotatable bonds is 6. The molecule has 0 spiro atoms. The molecule has 2 rings (SSSR count). The maximum Gasteiger partial charge on any atom is 0.238 e. The van der Waals surface area contributed by atoms with E-state index in [0.29, 0.717) is 17.1 Å². The molecule has 0 saturated carbocycles. The van der Waals surface area contributed by atoms with E-state index in [1.165, 1.54) is 25.3 Å². The molecule has 22 heavy (non-hydrogen) atoms. The summed E-state index contributed by atoms with van der Waals surface area (Å²) >= 11 is 0. The van der Waals surface area contributed by atoms with Crippen LogP contribution in [0.3, 0.4) is 0 Å². The zero-order valence-electron chi connectivity index (χ0n) is 12.1. The van der Waals surface area contributed by atoms with E-state index >= 15 is 0 Å². The molecule has 1 aromatic carbocycles. The first-order valence-corrected chi connectivity index (χ1v) is 7.87. The quantitative estimate of drug-likeness (QED) is 0.878. The van der Waals surface area contributed by atoms with Crippen molar-refractivity contribution in [3.63, 3.8) is 0 Å². The van der Waals surface area contributed by atoms with E-state index in [1.54, 1.807) is 13.0 Å². The topological polar surface area (TPSA) is 81.4 Å². The van der Waals surface area contributed by atoms with Gasteiger partial charge in [0.25, 0.3) is 0 Å². The Hall–Kier alpha value is -2.22. The maximum atomic E-state index is 13.2. The number of aryl methyl sites for hydroxylation is 1. The number of ether oxygens (including phenoxy) is 1. The fourth-order valence-electron chi connectivity index (χ4n) is 1.83.